The van der Waals surface area contributed by atoms with Crippen molar-refractivity contribution in [2.24, 2.45) is 4.36 Å². The highest BCUT2D eigenvalue weighted by molar-refractivity contribution is 7.61. The highest BCUT2D eigenvalue weighted by Crippen LogP contribution is 2.18. The highest BCUT2D eigenvalue weighted by atomic mass is 32.2. The number of rotatable bonds is 1. The molecule has 0 unspecified atom stereocenters. The van der Waals surface area contributed by atoms with Gasteiger partial charge in [0, 0.05) is 6.20 Å². The molecule has 2 aromatic heterocycles. The number of hydrogen-bond acceptors (Lipinski definition) is 6. The van der Waals surface area contributed by atoms with Crippen LogP contribution < -0.4 is 5.73 Å². The Labute approximate surface area is 79.7 Å². The third-order valence-electron chi connectivity index (χ3n) is 1.59. The molecule has 0 radical (unpaired) electrons. The quantitative estimate of drug-likeness (QED) is 0.700. The number of aromatic nitrogens is 3. The molecule has 0 saturated heterocycles. The molecule has 0 aliphatic rings. The number of H-pyrrole nitrogens is 1. The monoisotopic (exact) mass is 211 g/mol. The van der Waals surface area contributed by atoms with Gasteiger partial charge in [0.05, 0.1) is 5.39 Å². The van der Waals surface area contributed by atoms with Crippen molar-refractivity contribution in [2.75, 3.05) is 5.73 Å². The van der Waals surface area contributed by atoms with Crippen LogP contribution in [0.5, 0.6) is 0 Å². The Bertz CT molecular complexity index is 606. The molecule has 2 rings (SSSR count). The van der Waals surface area contributed by atoms with E-state index in [1.807, 2.05) is 0 Å². The molecule has 8 heteroatoms. The predicted molar refractivity (Wildman–Crippen MR) is 49.3 cm³/mol. The Morgan fingerprint density at radius 1 is 1.43 bits per heavy atom. The first kappa shape index (κ1) is 8.63. The standard InChI is InChI=1S/C6H5N5O2S/c7-4-3-1-2-8-5(3)10-6(9-4)11-14(12)13/h1-2H,(H3,7,8,9,10). The lowest BCUT2D eigenvalue weighted by atomic mass is 10.4. The van der Waals surface area contributed by atoms with Crippen LogP contribution in [0.3, 0.4) is 0 Å². The summed E-state index contributed by atoms with van der Waals surface area (Å²) >= 11 is 0. The molecule has 14 heavy (non-hydrogen) atoms. The van der Waals surface area contributed by atoms with Crippen molar-refractivity contribution in [3.05, 3.63) is 12.3 Å². The molecule has 0 aliphatic heterocycles. The van der Waals surface area contributed by atoms with Crippen molar-refractivity contribution < 1.29 is 8.42 Å². The van der Waals surface area contributed by atoms with E-state index in [0.29, 0.717) is 11.0 Å². The summed E-state index contributed by atoms with van der Waals surface area (Å²) in [5.74, 6) is 0.0197. The van der Waals surface area contributed by atoms with Crippen LogP contribution in [0.1, 0.15) is 0 Å². The van der Waals surface area contributed by atoms with E-state index in [4.69, 9.17) is 5.73 Å². The van der Waals surface area contributed by atoms with Crippen LogP contribution in [0.4, 0.5) is 11.8 Å². The molecular weight excluding hydrogens is 206 g/mol. The van der Waals surface area contributed by atoms with Gasteiger partial charge in [-0.25, -0.2) is 0 Å². The van der Waals surface area contributed by atoms with Crippen molar-refractivity contribution in [2.45, 2.75) is 0 Å². The smallest absolute Gasteiger partial charge is 0.319 e. The Morgan fingerprint density at radius 2 is 2.21 bits per heavy atom. The van der Waals surface area contributed by atoms with E-state index in [0.717, 1.165) is 0 Å². The summed E-state index contributed by atoms with van der Waals surface area (Å²) < 4.78 is 23.7. The van der Waals surface area contributed by atoms with Gasteiger partial charge in [-0.1, -0.05) is 4.36 Å². The molecule has 0 saturated carbocycles. The van der Waals surface area contributed by atoms with Gasteiger partial charge in [0.15, 0.2) is 0 Å². The van der Waals surface area contributed by atoms with Crippen LogP contribution in [-0.2, 0) is 10.5 Å². The van der Waals surface area contributed by atoms with Crippen LogP contribution in [0.15, 0.2) is 16.6 Å². The van der Waals surface area contributed by atoms with E-state index in [-0.39, 0.29) is 11.8 Å². The molecule has 2 aromatic rings. The van der Waals surface area contributed by atoms with Gasteiger partial charge in [-0.2, -0.15) is 18.4 Å². The minimum atomic E-state index is -2.58. The number of nitrogens with two attached hydrogens (primary N) is 1. The number of nitrogens with one attached hydrogen (secondary N) is 1. The second-order valence-electron chi connectivity index (χ2n) is 2.46. The number of hydrogen-bond donors (Lipinski definition) is 2. The number of nitrogens with zero attached hydrogens (tertiary/aromatic N) is 3. The summed E-state index contributed by atoms with van der Waals surface area (Å²) in [5, 5.41) is 0.639. The molecular formula is C6H5N5O2S. The van der Waals surface area contributed by atoms with Crippen molar-refractivity contribution in [3.8, 4) is 0 Å². The lowest BCUT2D eigenvalue weighted by molar-refractivity contribution is 0.622. The Balaban J connectivity index is 2.76. The maximum Gasteiger partial charge on any atom is 0.319 e. The van der Waals surface area contributed by atoms with Gasteiger partial charge >= 0.3 is 10.5 Å². The third-order valence-corrected chi connectivity index (χ3v) is 1.90. The van der Waals surface area contributed by atoms with Gasteiger partial charge in [0.25, 0.3) is 5.95 Å². The molecule has 0 bridgehead atoms. The lowest BCUT2D eigenvalue weighted by Crippen LogP contribution is -1.92. The van der Waals surface area contributed by atoms with Gasteiger partial charge in [-0.05, 0) is 6.07 Å². The first-order valence-corrected chi connectivity index (χ1v) is 4.62. The van der Waals surface area contributed by atoms with Gasteiger partial charge in [-0.15, -0.1) is 0 Å². The zero-order chi connectivity index (χ0) is 10.1. The molecule has 0 fully saturated rings. The van der Waals surface area contributed by atoms with Gasteiger partial charge < -0.3 is 10.7 Å². The fraction of sp³-hybridized carbons (Fsp3) is 0. The summed E-state index contributed by atoms with van der Waals surface area (Å²) in [6.07, 6.45) is 1.63. The number of nitrogen functional groups attached to an aromatic ring is 1. The van der Waals surface area contributed by atoms with Crippen molar-refractivity contribution in [1.29, 1.82) is 0 Å². The van der Waals surface area contributed by atoms with Gasteiger partial charge in [-0.3, -0.25) is 0 Å². The van der Waals surface area contributed by atoms with E-state index < -0.39 is 10.5 Å². The summed E-state index contributed by atoms with van der Waals surface area (Å²) in [6, 6.07) is 1.70. The maximum absolute atomic E-state index is 10.3. The summed E-state index contributed by atoms with van der Waals surface area (Å²) in [6.45, 7) is 0. The van der Waals surface area contributed by atoms with E-state index >= 15 is 0 Å². The zero-order valence-electron chi connectivity index (χ0n) is 6.80. The Kier molecular flexibility index (Phi) is 1.89. The molecule has 0 amide bonds. The molecule has 7 nitrogen and oxygen atoms in total. The van der Waals surface area contributed by atoms with E-state index in [9.17, 15) is 8.42 Å². The second-order valence-corrected chi connectivity index (χ2v) is 3.07. The zero-order valence-corrected chi connectivity index (χ0v) is 7.61. The molecule has 72 valence electrons. The van der Waals surface area contributed by atoms with Crippen LogP contribution >= 0.6 is 0 Å². The number of aromatic amines is 1. The molecule has 0 spiro atoms. The van der Waals surface area contributed by atoms with E-state index in [2.05, 4.69) is 19.3 Å². The van der Waals surface area contributed by atoms with Crippen molar-refractivity contribution in [1.82, 2.24) is 15.0 Å². The van der Waals surface area contributed by atoms with Crippen molar-refractivity contribution >= 4 is 33.3 Å². The molecule has 2 heterocycles. The van der Waals surface area contributed by atoms with Crippen LogP contribution in [0.2, 0.25) is 0 Å². The maximum atomic E-state index is 10.3. The minimum Gasteiger partial charge on any atom is -0.383 e. The van der Waals surface area contributed by atoms with Crippen LogP contribution in [-0.4, -0.2) is 23.4 Å². The largest absolute Gasteiger partial charge is 0.383 e. The Morgan fingerprint density at radius 3 is 2.93 bits per heavy atom. The first-order chi connectivity index (χ1) is 6.66. The average molecular weight is 211 g/mol. The number of fused-ring (bicyclic) bond motifs is 1. The molecule has 3 N–H and O–H groups in total. The second kappa shape index (κ2) is 3.07. The SMILES string of the molecule is Nc1nc(N=S(=O)=O)nc2[nH]ccc12. The van der Waals surface area contributed by atoms with E-state index in [1.165, 1.54) is 0 Å². The fourth-order valence-corrected chi connectivity index (χ4v) is 1.28. The molecule has 0 aliphatic carbocycles. The predicted octanol–water partition coefficient (Wildman–Crippen LogP) is 0.234. The minimum absolute atomic E-state index is 0.175. The van der Waals surface area contributed by atoms with Crippen LogP contribution in [0.25, 0.3) is 11.0 Å². The van der Waals surface area contributed by atoms with E-state index in [1.54, 1.807) is 12.3 Å². The summed E-state index contributed by atoms with van der Waals surface area (Å²) in [5.41, 5.74) is 6.00. The molecule has 0 aromatic carbocycles. The normalized spacial score (nSPS) is 10.3. The lowest BCUT2D eigenvalue weighted by Gasteiger charge is -1.94. The van der Waals surface area contributed by atoms with Crippen LogP contribution in [0, 0.1) is 0 Å². The Hall–Kier alpha value is -1.96. The molecule has 0 atom stereocenters. The highest BCUT2D eigenvalue weighted by Gasteiger charge is 2.04. The third kappa shape index (κ3) is 1.42. The van der Waals surface area contributed by atoms with Crippen molar-refractivity contribution in [3.63, 3.8) is 0 Å². The summed E-state index contributed by atoms with van der Waals surface area (Å²) in [4.78, 5) is 10.3. The van der Waals surface area contributed by atoms with Gasteiger partial charge in [0.1, 0.15) is 11.5 Å². The fourth-order valence-electron chi connectivity index (χ4n) is 1.06. The van der Waals surface area contributed by atoms with Gasteiger partial charge in [0.2, 0.25) is 0 Å². The number of anilines is 1. The summed E-state index contributed by atoms with van der Waals surface area (Å²) in [7, 11) is -2.58. The first-order valence-electron chi connectivity index (χ1n) is 3.58. The topological polar surface area (TPSA) is 114 Å². The average Bonchev–Trinajstić information content (AvgIpc) is 2.50.